The molecule has 1 aromatic heterocycles. The maximum Gasteiger partial charge on any atom is 0.253 e. The van der Waals surface area contributed by atoms with Gasteiger partial charge in [0.15, 0.2) is 0 Å². The van der Waals surface area contributed by atoms with Crippen LogP contribution in [0.5, 0.6) is 0 Å². The van der Waals surface area contributed by atoms with Crippen LogP contribution in [-0.4, -0.2) is 28.4 Å². The molecule has 0 aliphatic rings. The summed E-state index contributed by atoms with van der Waals surface area (Å²) in [6.45, 7) is 4.01. The van der Waals surface area contributed by atoms with Crippen LogP contribution in [0.25, 0.3) is 0 Å². The molecule has 0 fully saturated rings. The van der Waals surface area contributed by atoms with Gasteiger partial charge in [0.05, 0.1) is 5.56 Å². The molecule has 1 amide bonds. The van der Waals surface area contributed by atoms with Gasteiger partial charge in [-0.2, -0.15) is 16.2 Å². The van der Waals surface area contributed by atoms with Crippen LogP contribution >= 0.6 is 11.8 Å². The van der Waals surface area contributed by atoms with Gasteiger partial charge in [-0.15, -0.1) is 0 Å². The molecule has 1 unspecified atom stereocenters. The molecule has 5 heteroatoms. The molecule has 1 rings (SSSR count). The van der Waals surface area contributed by atoms with Crippen molar-refractivity contribution in [1.82, 2.24) is 10.3 Å². The first-order chi connectivity index (χ1) is 7.63. The molecule has 16 heavy (non-hydrogen) atoms. The van der Waals surface area contributed by atoms with Gasteiger partial charge < -0.3 is 5.32 Å². The van der Waals surface area contributed by atoms with Crippen molar-refractivity contribution in [3.63, 3.8) is 0 Å². The Bertz CT molecular complexity index is 342. The number of hydrogen-bond acceptors (Lipinski definition) is 3. The molecule has 0 bridgehead atoms. The second kappa shape index (κ2) is 6.48. The van der Waals surface area contributed by atoms with Crippen molar-refractivity contribution in [3.8, 4) is 0 Å². The van der Waals surface area contributed by atoms with Crippen molar-refractivity contribution < 1.29 is 9.18 Å². The number of hydrogen-bond donors (Lipinski definition) is 1. The highest BCUT2D eigenvalue weighted by Crippen LogP contribution is 2.03. The largest absolute Gasteiger partial charge is 0.349 e. The predicted molar refractivity (Wildman–Crippen MR) is 64.1 cm³/mol. The van der Waals surface area contributed by atoms with Gasteiger partial charge in [0.2, 0.25) is 5.95 Å². The van der Waals surface area contributed by atoms with Gasteiger partial charge in [-0.05, 0) is 24.8 Å². The van der Waals surface area contributed by atoms with Gasteiger partial charge in [-0.1, -0.05) is 6.92 Å². The third kappa shape index (κ3) is 4.18. The molecule has 0 spiro atoms. The monoisotopic (exact) mass is 242 g/mol. The summed E-state index contributed by atoms with van der Waals surface area (Å²) < 4.78 is 12.5. The van der Waals surface area contributed by atoms with Gasteiger partial charge in [0, 0.05) is 18.0 Å². The van der Waals surface area contributed by atoms with E-state index in [1.165, 1.54) is 18.3 Å². The van der Waals surface area contributed by atoms with E-state index in [-0.39, 0.29) is 11.9 Å². The number of rotatable bonds is 5. The summed E-state index contributed by atoms with van der Waals surface area (Å²) in [7, 11) is 0. The minimum atomic E-state index is -0.578. The highest BCUT2D eigenvalue weighted by Gasteiger charge is 2.09. The third-order valence-corrected chi connectivity index (χ3v) is 3.08. The quantitative estimate of drug-likeness (QED) is 0.804. The maximum absolute atomic E-state index is 12.5. The van der Waals surface area contributed by atoms with Crippen LogP contribution in [0.2, 0.25) is 0 Å². The maximum atomic E-state index is 12.5. The molecule has 3 nitrogen and oxygen atoms in total. The van der Waals surface area contributed by atoms with Crippen LogP contribution in [-0.2, 0) is 0 Å². The molecule has 0 radical (unpaired) electrons. The number of thioether (sulfide) groups is 1. The number of carbonyl (C=O) groups excluding carboxylic acids is 1. The van der Waals surface area contributed by atoms with Crippen molar-refractivity contribution in [3.05, 3.63) is 29.8 Å². The Morgan fingerprint density at radius 1 is 1.62 bits per heavy atom. The fourth-order valence-electron chi connectivity index (χ4n) is 1.15. The number of halogens is 1. The number of nitrogens with zero attached hydrogens (tertiary/aromatic N) is 1. The lowest BCUT2D eigenvalue weighted by atomic mass is 10.2. The highest BCUT2D eigenvalue weighted by molar-refractivity contribution is 7.99. The normalized spacial score (nSPS) is 12.2. The number of pyridine rings is 1. The zero-order valence-corrected chi connectivity index (χ0v) is 10.2. The Morgan fingerprint density at radius 3 is 2.94 bits per heavy atom. The average molecular weight is 242 g/mol. The molecule has 0 aliphatic carbocycles. The minimum absolute atomic E-state index is 0.0995. The number of amides is 1. The summed E-state index contributed by atoms with van der Waals surface area (Å²) in [5.41, 5.74) is 0.384. The Morgan fingerprint density at radius 2 is 2.38 bits per heavy atom. The molecule has 0 aromatic carbocycles. The second-order valence-corrected chi connectivity index (χ2v) is 4.72. The predicted octanol–water partition coefficient (Wildman–Crippen LogP) is 2.09. The van der Waals surface area contributed by atoms with E-state index in [4.69, 9.17) is 0 Å². The van der Waals surface area contributed by atoms with E-state index in [0.717, 1.165) is 11.5 Å². The molecule has 0 saturated heterocycles. The molecule has 88 valence electrons. The Balaban J connectivity index is 2.48. The van der Waals surface area contributed by atoms with Crippen LogP contribution < -0.4 is 5.32 Å². The molecular weight excluding hydrogens is 227 g/mol. The second-order valence-electron chi connectivity index (χ2n) is 3.40. The van der Waals surface area contributed by atoms with E-state index in [0.29, 0.717) is 5.56 Å². The fraction of sp³-hybridized carbons (Fsp3) is 0.455. The van der Waals surface area contributed by atoms with Crippen molar-refractivity contribution in [2.24, 2.45) is 0 Å². The fourth-order valence-corrected chi connectivity index (χ4v) is 1.83. The Labute approximate surface area is 98.8 Å². The van der Waals surface area contributed by atoms with Crippen LogP contribution in [0.3, 0.4) is 0 Å². The van der Waals surface area contributed by atoms with Gasteiger partial charge in [-0.3, -0.25) is 4.79 Å². The standard InChI is InChI=1S/C11H15FN2OS/c1-3-16-7-8(2)14-11(15)9-4-5-10(12)13-6-9/h4-6,8H,3,7H2,1-2H3,(H,14,15). The minimum Gasteiger partial charge on any atom is -0.349 e. The molecule has 0 saturated carbocycles. The van der Waals surface area contributed by atoms with Gasteiger partial charge in [0.1, 0.15) is 0 Å². The van der Waals surface area contributed by atoms with Crippen LogP contribution in [0.15, 0.2) is 18.3 Å². The number of carbonyl (C=O) groups is 1. The molecular formula is C11H15FN2OS. The van der Waals surface area contributed by atoms with E-state index in [1.807, 2.05) is 6.92 Å². The lowest BCUT2D eigenvalue weighted by Crippen LogP contribution is -2.34. The summed E-state index contributed by atoms with van der Waals surface area (Å²) in [6.07, 6.45) is 1.24. The zero-order chi connectivity index (χ0) is 12.0. The number of aromatic nitrogens is 1. The van der Waals surface area contributed by atoms with Gasteiger partial charge in [-0.25, -0.2) is 4.98 Å². The zero-order valence-electron chi connectivity index (χ0n) is 9.37. The van der Waals surface area contributed by atoms with E-state index in [1.54, 1.807) is 11.8 Å². The lowest BCUT2D eigenvalue weighted by molar-refractivity contribution is 0.0943. The van der Waals surface area contributed by atoms with Crippen LogP contribution in [0.4, 0.5) is 4.39 Å². The van der Waals surface area contributed by atoms with E-state index >= 15 is 0 Å². The summed E-state index contributed by atoms with van der Waals surface area (Å²) in [6, 6.07) is 2.71. The highest BCUT2D eigenvalue weighted by atomic mass is 32.2. The molecule has 1 atom stereocenters. The van der Waals surface area contributed by atoms with Crippen molar-refractivity contribution >= 4 is 17.7 Å². The van der Waals surface area contributed by atoms with E-state index in [9.17, 15) is 9.18 Å². The SMILES string of the molecule is CCSCC(C)NC(=O)c1ccc(F)nc1. The molecule has 1 heterocycles. The lowest BCUT2D eigenvalue weighted by Gasteiger charge is -2.12. The summed E-state index contributed by atoms with van der Waals surface area (Å²) >= 11 is 1.77. The summed E-state index contributed by atoms with van der Waals surface area (Å²) in [4.78, 5) is 15.1. The third-order valence-electron chi connectivity index (χ3n) is 1.94. The Hall–Kier alpha value is -1.10. The van der Waals surface area contributed by atoms with E-state index < -0.39 is 5.95 Å². The molecule has 1 N–H and O–H groups in total. The summed E-state index contributed by atoms with van der Waals surface area (Å²) in [5.74, 6) is 1.11. The van der Waals surface area contributed by atoms with Crippen LogP contribution in [0, 0.1) is 5.95 Å². The van der Waals surface area contributed by atoms with Crippen LogP contribution in [0.1, 0.15) is 24.2 Å². The average Bonchev–Trinajstić information content (AvgIpc) is 2.27. The van der Waals surface area contributed by atoms with Gasteiger partial charge in [0.25, 0.3) is 5.91 Å². The number of nitrogens with one attached hydrogen (secondary N) is 1. The van der Waals surface area contributed by atoms with E-state index in [2.05, 4.69) is 17.2 Å². The smallest absolute Gasteiger partial charge is 0.253 e. The van der Waals surface area contributed by atoms with Crippen molar-refractivity contribution in [2.75, 3.05) is 11.5 Å². The molecule has 1 aromatic rings. The first-order valence-electron chi connectivity index (χ1n) is 5.13. The van der Waals surface area contributed by atoms with Crippen molar-refractivity contribution in [1.29, 1.82) is 0 Å². The first kappa shape index (κ1) is 13.0. The van der Waals surface area contributed by atoms with Gasteiger partial charge >= 0.3 is 0 Å². The summed E-state index contributed by atoms with van der Waals surface area (Å²) in [5, 5.41) is 2.83. The topological polar surface area (TPSA) is 42.0 Å². The van der Waals surface area contributed by atoms with Crippen molar-refractivity contribution in [2.45, 2.75) is 19.9 Å². The first-order valence-corrected chi connectivity index (χ1v) is 6.29. The molecule has 0 aliphatic heterocycles. The Kier molecular flexibility index (Phi) is 5.25.